The summed E-state index contributed by atoms with van der Waals surface area (Å²) in [4.78, 5) is 12.7. The first kappa shape index (κ1) is 13.6. The maximum atomic E-state index is 10.8. The predicted molar refractivity (Wildman–Crippen MR) is 68.2 cm³/mol. The van der Waals surface area contributed by atoms with Gasteiger partial charge >= 0.3 is 0 Å². The van der Waals surface area contributed by atoms with Gasteiger partial charge in [-0.1, -0.05) is 18.2 Å². The minimum absolute atomic E-state index is 0.217. The summed E-state index contributed by atoms with van der Waals surface area (Å²) in [6, 6.07) is 6.93. The van der Waals surface area contributed by atoms with Gasteiger partial charge in [0.1, 0.15) is 0 Å². The van der Waals surface area contributed by atoms with Gasteiger partial charge in [0.25, 0.3) is 5.69 Å². The van der Waals surface area contributed by atoms with Gasteiger partial charge in [-0.05, 0) is 20.5 Å². The van der Waals surface area contributed by atoms with E-state index >= 15 is 0 Å². The fourth-order valence-corrected chi connectivity index (χ4v) is 1.63. The Balaban J connectivity index is 2.54. The Morgan fingerprint density at radius 1 is 1.35 bits per heavy atom. The number of nitrogens with one attached hydrogen (secondary N) is 1. The number of nitro benzene ring substituents is 1. The summed E-state index contributed by atoms with van der Waals surface area (Å²) in [5, 5.41) is 13.9. The molecule has 1 N–H and O–H groups in total. The van der Waals surface area contributed by atoms with E-state index in [2.05, 4.69) is 10.2 Å². The lowest BCUT2D eigenvalue weighted by Gasteiger charge is -2.15. The molecule has 0 spiro atoms. The Morgan fingerprint density at radius 3 is 2.71 bits per heavy atom. The van der Waals surface area contributed by atoms with Crippen LogP contribution in [0.1, 0.15) is 5.56 Å². The van der Waals surface area contributed by atoms with E-state index in [1.54, 1.807) is 12.1 Å². The second kappa shape index (κ2) is 6.98. The maximum Gasteiger partial charge on any atom is 0.272 e. The summed E-state index contributed by atoms with van der Waals surface area (Å²) >= 11 is 0. The average Bonchev–Trinajstić information content (AvgIpc) is 2.34. The quantitative estimate of drug-likeness (QED) is 0.573. The van der Waals surface area contributed by atoms with Crippen LogP contribution >= 0.6 is 0 Å². The first-order valence-electron chi connectivity index (χ1n) is 5.70. The van der Waals surface area contributed by atoms with Crippen molar-refractivity contribution in [2.24, 2.45) is 0 Å². The summed E-state index contributed by atoms with van der Waals surface area (Å²) < 4.78 is 0. The van der Waals surface area contributed by atoms with Crippen LogP contribution in [0.5, 0.6) is 0 Å². The zero-order valence-electron chi connectivity index (χ0n) is 10.3. The van der Waals surface area contributed by atoms with Crippen LogP contribution < -0.4 is 5.32 Å². The fraction of sp³-hybridized carbons (Fsp3) is 0.500. The molecule has 0 aromatic heterocycles. The van der Waals surface area contributed by atoms with E-state index in [1.165, 1.54) is 0 Å². The van der Waals surface area contributed by atoms with Crippen LogP contribution in [-0.2, 0) is 6.42 Å². The van der Waals surface area contributed by atoms with Crippen molar-refractivity contribution in [3.05, 3.63) is 39.9 Å². The molecule has 1 aromatic rings. The summed E-state index contributed by atoms with van der Waals surface area (Å²) in [5.41, 5.74) is 1.02. The van der Waals surface area contributed by atoms with E-state index in [-0.39, 0.29) is 10.6 Å². The highest BCUT2D eigenvalue weighted by Crippen LogP contribution is 2.18. The van der Waals surface area contributed by atoms with Crippen molar-refractivity contribution in [2.45, 2.75) is 6.42 Å². The third-order valence-electron chi connectivity index (χ3n) is 2.69. The summed E-state index contributed by atoms with van der Waals surface area (Å²) in [7, 11) is 3.93. The smallest absolute Gasteiger partial charge is 0.272 e. The molecule has 1 aromatic carbocycles. The Hall–Kier alpha value is -1.46. The fourth-order valence-electron chi connectivity index (χ4n) is 1.63. The molecule has 5 nitrogen and oxygen atoms in total. The molecule has 1 rings (SSSR count). The molecule has 0 saturated heterocycles. The number of likely N-dealkylation sites (N-methyl/N-ethyl adjacent to an activating group) is 2. The number of nitrogens with zero attached hydrogens (tertiary/aromatic N) is 2. The van der Waals surface area contributed by atoms with Gasteiger partial charge in [0.05, 0.1) is 4.92 Å². The molecular weight excluding hydrogens is 218 g/mol. The Labute approximate surface area is 102 Å². The third kappa shape index (κ3) is 4.50. The van der Waals surface area contributed by atoms with Crippen molar-refractivity contribution in [1.82, 2.24) is 10.2 Å². The summed E-state index contributed by atoms with van der Waals surface area (Å²) in [6.07, 6.45) is 0.706. The third-order valence-corrected chi connectivity index (χ3v) is 2.69. The van der Waals surface area contributed by atoms with Gasteiger partial charge < -0.3 is 10.2 Å². The molecule has 0 aliphatic rings. The van der Waals surface area contributed by atoms with Crippen LogP contribution in [-0.4, -0.2) is 43.6 Å². The van der Waals surface area contributed by atoms with Gasteiger partial charge in [-0.25, -0.2) is 0 Å². The van der Waals surface area contributed by atoms with Crippen LogP contribution in [0.3, 0.4) is 0 Å². The van der Waals surface area contributed by atoms with E-state index in [0.717, 1.165) is 25.2 Å². The summed E-state index contributed by atoms with van der Waals surface area (Å²) in [6.45, 7) is 2.69. The van der Waals surface area contributed by atoms with E-state index in [1.807, 2.05) is 26.2 Å². The number of rotatable bonds is 7. The molecule has 0 unspecified atom stereocenters. The van der Waals surface area contributed by atoms with Crippen LogP contribution in [0.4, 0.5) is 5.69 Å². The van der Waals surface area contributed by atoms with Crippen LogP contribution in [0.25, 0.3) is 0 Å². The van der Waals surface area contributed by atoms with Crippen molar-refractivity contribution in [3.63, 3.8) is 0 Å². The Bertz CT molecular complexity index is 369. The van der Waals surface area contributed by atoms with Gasteiger partial charge in [-0.3, -0.25) is 10.1 Å². The SMILES string of the molecule is CNCCN(C)CCc1ccccc1[N+](=O)[O-]. The second-order valence-electron chi connectivity index (χ2n) is 4.04. The van der Waals surface area contributed by atoms with Crippen molar-refractivity contribution in [3.8, 4) is 0 Å². The lowest BCUT2D eigenvalue weighted by molar-refractivity contribution is -0.385. The van der Waals surface area contributed by atoms with Crippen LogP contribution in [0.15, 0.2) is 24.3 Å². The number of para-hydroxylation sites is 1. The Kier molecular flexibility index (Phi) is 5.59. The molecule has 0 amide bonds. The highest BCUT2D eigenvalue weighted by atomic mass is 16.6. The molecule has 5 heteroatoms. The van der Waals surface area contributed by atoms with Crippen molar-refractivity contribution < 1.29 is 4.92 Å². The molecule has 17 heavy (non-hydrogen) atoms. The lowest BCUT2D eigenvalue weighted by atomic mass is 10.1. The number of benzene rings is 1. The van der Waals surface area contributed by atoms with Gasteiger partial charge in [-0.2, -0.15) is 0 Å². The van der Waals surface area contributed by atoms with Crippen LogP contribution in [0.2, 0.25) is 0 Å². The van der Waals surface area contributed by atoms with E-state index < -0.39 is 0 Å². The molecule has 0 saturated carbocycles. The summed E-state index contributed by atoms with van der Waals surface area (Å²) in [5.74, 6) is 0. The largest absolute Gasteiger partial charge is 0.318 e. The molecule has 0 atom stereocenters. The Morgan fingerprint density at radius 2 is 2.06 bits per heavy atom. The predicted octanol–water partition coefficient (Wildman–Crippen LogP) is 1.29. The molecular formula is C12H19N3O2. The molecule has 94 valence electrons. The van der Waals surface area contributed by atoms with E-state index in [4.69, 9.17) is 0 Å². The van der Waals surface area contributed by atoms with Gasteiger partial charge in [-0.15, -0.1) is 0 Å². The zero-order chi connectivity index (χ0) is 12.7. The standard InChI is InChI=1S/C12H19N3O2/c1-13-8-10-14(2)9-7-11-5-3-4-6-12(11)15(16)17/h3-6,13H,7-10H2,1-2H3. The highest BCUT2D eigenvalue weighted by Gasteiger charge is 2.12. The topological polar surface area (TPSA) is 58.4 Å². The van der Waals surface area contributed by atoms with Gasteiger partial charge in [0, 0.05) is 31.3 Å². The number of hydrogen-bond acceptors (Lipinski definition) is 4. The van der Waals surface area contributed by atoms with Crippen molar-refractivity contribution in [1.29, 1.82) is 0 Å². The molecule has 0 bridgehead atoms. The second-order valence-corrected chi connectivity index (χ2v) is 4.04. The molecule has 0 aliphatic heterocycles. The van der Waals surface area contributed by atoms with E-state index in [9.17, 15) is 10.1 Å². The number of nitro groups is 1. The monoisotopic (exact) mass is 237 g/mol. The maximum absolute atomic E-state index is 10.8. The zero-order valence-corrected chi connectivity index (χ0v) is 10.3. The average molecular weight is 237 g/mol. The molecule has 0 aliphatic carbocycles. The highest BCUT2D eigenvalue weighted by molar-refractivity contribution is 5.39. The van der Waals surface area contributed by atoms with Crippen molar-refractivity contribution in [2.75, 3.05) is 33.7 Å². The molecule has 0 radical (unpaired) electrons. The number of hydrogen-bond donors (Lipinski definition) is 1. The van der Waals surface area contributed by atoms with Crippen LogP contribution in [0, 0.1) is 10.1 Å². The first-order chi connectivity index (χ1) is 8.15. The van der Waals surface area contributed by atoms with Crippen molar-refractivity contribution >= 4 is 5.69 Å². The lowest BCUT2D eigenvalue weighted by Crippen LogP contribution is -2.29. The normalized spacial score (nSPS) is 10.8. The molecule has 0 heterocycles. The van der Waals surface area contributed by atoms with E-state index in [0.29, 0.717) is 6.42 Å². The van der Waals surface area contributed by atoms with Gasteiger partial charge in [0.2, 0.25) is 0 Å². The molecule has 0 fully saturated rings. The minimum atomic E-state index is -0.317. The first-order valence-corrected chi connectivity index (χ1v) is 5.70. The van der Waals surface area contributed by atoms with Gasteiger partial charge in [0.15, 0.2) is 0 Å². The minimum Gasteiger partial charge on any atom is -0.318 e.